The van der Waals surface area contributed by atoms with E-state index in [4.69, 9.17) is 0 Å². The highest BCUT2D eigenvalue weighted by molar-refractivity contribution is 9.10. The molecule has 0 heterocycles. The van der Waals surface area contributed by atoms with Crippen molar-refractivity contribution >= 4 is 33.4 Å². The standard InChI is InChI=1S/C19H19BrN2O2/c20-15-7-9-16(10-8-15)22-17(23)13-21-18(24)19(11-4-12-19)14-5-2-1-3-6-14/h1-3,5-10H,4,11-13H2,(H,21,24)(H,22,23). The Morgan fingerprint density at radius 2 is 1.67 bits per heavy atom. The molecule has 0 radical (unpaired) electrons. The summed E-state index contributed by atoms with van der Waals surface area (Å²) >= 11 is 3.35. The Bertz CT molecular complexity index is 725. The van der Waals surface area contributed by atoms with E-state index in [1.54, 1.807) is 12.1 Å². The van der Waals surface area contributed by atoms with Gasteiger partial charge in [0.1, 0.15) is 0 Å². The molecule has 1 aliphatic carbocycles. The number of anilines is 1. The lowest BCUT2D eigenvalue weighted by atomic mass is 9.64. The van der Waals surface area contributed by atoms with Gasteiger partial charge in [-0.05, 0) is 42.7 Å². The summed E-state index contributed by atoms with van der Waals surface area (Å²) in [5, 5.41) is 5.57. The Kier molecular flexibility index (Phi) is 5.00. The highest BCUT2D eigenvalue weighted by Gasteiger charge is 2.45. The molecular formula is C19H19BrN2O2. The molecule has 1 saturated carbocycles. The molecule has 2 N–H and O–H groups in total. The van der Waals surface area contributed by atoms with E-state index in [0.29, 0.717) is 5.69 Å². The fourth-order valence-electron chi connectivity index (χ4n) is 3.00. The summed E-state index contributed by atoms with van der Waals surface area (Å²) in [4.78, 5) is 24.7. The number of carbonyl (C=O) groups excluding carboxylic acids is 2. The number of amides is 2. The van der Waals surface area contributed by atoms with Gasteiger partial charge in [0.15, 0.2) is 0 Å². The number of nitrogens with one attached hydrogen (secondary N) is 2. The van der Waals surface area contributed by atoms with E-state index in [2.05, 4.69) is 26.6 Å². The lowest BCUT2D eigenvalue weighted by molar-refractivity contribution is -0.131. The van der Waals surface area contributed by atoms with Crippen LogP contribution in [0.3, 0.4) is 0 Å². The Morgan fingerprint density at radius 1 is 1.00 bits per heavy atom. The lowest BCUT2D eigenvalue weighted by Gasteiger charge is -2.40. The van der Waals surface area contributed by atoms with Crippen LogP contribution in [0.4, 0.5) is 5.69 Å². The summed E-state index contributed by atoms with van der Waals surface area (Å²) in [6, 6.07) is 17.1. The highest BCUT2D eigenvalue weighted by atomic mass is 79.9. The second-order valence-electron chi connectivity index (χ2n) is 6.04. The molecular weight excluding hydrogens is 368 g/mol. The quantitative estimate of drug-likeness (QED) is 0.823. The summed E-state index contributed by atoms with van der Waals surface area (Å²) in [5.41, 5.74) is 1.26. The molecule has 1 fully saturated rings. The number of hydrogen-bond donors (Lipinski definition) is 2. The fraction of sp³-hybridized carbons (Fsp3) is 0.263. The molecule has 3 rings (SSSR count). The van der Waals surface area contributed by atoms with Gasteiger partial charge in [-0.25, -0.2) is 0 Å². The van der Waals surface area contributed by atoms with Crippen molar-refractivity contribution in [3.63, 3.8) is 0 Å². The van der Waals surface area contributed by atoms with Crippen molar-refractivity contribution in [2.45, 2.75) is 24.7 Å². The first-order chi connectivity index (χ1) is 11.6. The smallest absolute Gasteiger partial charge is 0.243 e. The van der Waals surface area contributed by atoms with E-state index >= 15 is 0 Å². The average molecular weight is 387 g/mol. The zero-order valence-corrected chi connectivity index (χ0v) is 14.8. The van der Waals surface area contributed by atoms with Crippen LogP contribution in [0.1, 0.15) is 24.8 Å². The largest absolute Gasteiger partial charge is 0.346 e. The third-order valence-electron chi connectivity index (χ3n) is 4.51. The van der Waals surface area contributed by atoms with Crippen LogP contribution < -0.4 is 10.6 Å². The Balaban J connectivity index is 1.58. The molecule has 2 aromatic rings. The topological polar surface area (TPSA) is 58.2 Å². The number of hydrogen-bond acceptors (Lipinski definition) is 2. The fourth-order valence-corrected chi connectivity index (χ4v) is 3.27. The summed E-state index contributed by atoms with van der Waals surface area (Å²) in [6.45, 7) is -0.0243. The van der Waals surface area contributed by atoms with E-state index in [0.717, 1.165) is 29.3 Å². The molecule has 0 unspecified atom stereocenters. The summed E-state index contributed by atoms with van der Waals surface area (Å²) in [7, 11) is 0. The van der Waals surface area contributed by atoms with Gasteiger partial charge >= 0.3 is 0 Å². The van der Waals surface area contributed by atoms with Crippen molar-refractivity contribution in [1.82, 2.24) is 5.32 Å². The van der Waals surface area contributed by atoms with Gasteiger partial charge < -0.3 is 10.6 Å². The van der Waals surface area contributed by atoms with Crippen LogP contribution in [0.25, 0.3) is 0 Å². The second-order valence-corrected chi connectivity index (χ2v) is 6.96. The first kappa shape index (κ1) is 16.7. The van der Waals surface area contributed by atoms with Crippen molar-refractivity contribution in [3.05, 3.63) is 64.6 Å². The monoisotopic (exact) mass is 386 g/mol. The van der Waals surface area contributed by atoms with Crippen molar-refractivity contribution in [2.24, 2.45) is 0 Å². The molecule has 24 heavy (non-hydrogen) atoms. The molecule has 2 aromatic carbocycles. The van der Waals surface area contributed by atoms with Crippen LogP contribution in [-0.4, -0.2) is 18.4 Å². The van der Waals surface area contributed by atoms with Crippen LogP contribution in [-0.2, 0) is 15.0 Å². The number of benzene rings is 2. The van der Waals surface area contributed by atoms with Gasteiger partial charge in [0.2, 0.25) is 11.8 Å². The molecule has 124 valence electrons. The van der Waals surface area contributed by atoms with Gasteiger partial charge in [0.05, 0.1) is 12.0 Å². The minimum atomic E-state index is -0.473. The first-order valence-corrected chi connectivity index (χ1v) is 8.79. The number of carbonyl (C=O) groups is 2. The molecule has 0 atom stereocenters. The maximum Gasteiger partial charge on any atom is 0.243 e. The molecule has 0 bridgehead atoms. The third kappa shape index (κ3) is 3.51. The minimum absolute atomic E-state index is 0.0243. The van der Waals surface area contributed by atoms with E-state index in [9.17, 15) is 9.59 Å². The van der Waals surface area contributed by atoms with Crippen molar-refractivity contribution < 1.29 is 9.59 Å². The molecule has 2 amide bonds. The van der Waals surface area contributed by atoms with Gasteiger partial charge in [-0.15, -0.1) is 0 Å². The van der Waals surface area contributed by atoms with Gasteiger partial charge in [-0.3, -0.25) is 9.59 Å². The minimum Gasteiger partial charge on any atom is -0.346 e. The van der Waals surface area contributed by atoms with Gasteiger partial charge in [-0.2, -0.15) is 0 Å². The molecule has 5 heteroatoms. The Labute approximate surface area is 149 Å². The van der Waals surface area contributed by atoms with Crippen molar-refractivity contribution in [1.29, 1.82) is 0 Å². The Morgan fingerprint density at radius 3 is 2.25 bits per heavy atom. The molecule has 0 spiro atoms. The summed E-state index contributed by atoms with van der Waals surface area (Å²) in [5.74, 6) is -0.292. The van der Waals surface area contributed by atoms with Crippen molar-refractivity contribution in [2.75, 3.05) is 11.9 Å². The summed E-state index contributed by atoms with van der Waals surface area (Å²) in [6.07, 6.45) is 2.70. The maximum atomic E-state index is 12.7. The third-order valence-corrected chi connectivity index (χ3v) is 5.03. The number of halogens is 1. The maximum absolute atomic E-state index is 12.7. The van der Waals surface area contributed by atoms with Crippen LogP contribution >= 0.6 is 15.9 Å². The lowest BCUT2D eigenvalue weighted by Crippen LogP contribution is -2.50. The zero-order valence-electron chi connectivity index (χ0n) is 13.2. The average Bonchev–Trinajstić information content (AvgIpc) is 2.55. The highest BCUT2D eigenvalue weighted by Crippen LogP contribution is 2.43. The van der Waals surface area contributed by atoms with Gasteiger partial charge in [0.25, 0.3) is 0 Å². The molecule has 0 saturated heterocycles. The van der Waals surface area contributed by atoms with Crippen LogP contribution in [0, 0.1) is 0 Å². The van der Waals surface area contributed by atoms with Gasteiger partial charge in [-0.1, -0.05) is 52.7 Å². The summed E-state index contributed by atoms with van der Waals surface area (Å²) < 4.78 is 0.948. The second kappa shape index (κ2) is 7.18. The predicted octanol–water partition coefficient (Wildman–Crippen LogP) is 3.63. The van der Waals surface area contributed by atoms with Crippen LogP contribution in [0.15, 0.2) is 59.1 Å². The SMILES string of the molecule is O=C(CNC(=O)C1(c2ccccc2)CCC1)Nc1ccc(Br)cc1. The predicted molar refractivity (Wildman–Crippen MR) is 97.8 cm³/mol. The first-order valence-electron chi connectivity index (χ1n) is 7.99. The van der Waals surface area contributed by atoms with E-state index in [-0.39, 0.29) is 18.4 Å². The normalized spacial score (nSPS) is 15.2. The van der Waals surface area contributed by atoms with Crippen LogP contribution in [0.2, 0.25) is 0 Å². The molecule has 4 nitrogen and oxygen atoms in total. The van der Waals surface area contributed by atoms with E-state index in [1.165, 1.54) is 0 Å². The number of rotatable bonds is 5. The van der Waals surface area contributed by atoms with Crippen molar-refractivity contribution in [3.8, 4) is 0 Å². The molecule has 0 aromatic heterocycles. The van der Waals surface area contributed by atoms with Gasteiger partial charge in [0, 0.05) is 10.2 Å². The Hall–Kier alpha value is -2.14. The molecule has 0 aliphatic heterocycles. The van der Waals surface area contributed by atoms with Crippen LogP contribution in [0.5, 0.6) is 0 Å². The van der Waals surface area contributed by atoms with E-state index < -0.39 is 5.41 Å². The molecule has 1 aliphatic rings. The zero-order chi connectivity index (χ0) is 17.0. The van der Waals surface area contributed by atoms with E-state index in [1.807, 2.05) is 42.5 Å².